The number of hydrogen-bond acceptors (Lipinski definition) is 8. The molecule has 4 rings (SSSR count). The number of likely N-dealkylation sites (tertiary alicyclic amines) is 1. The molecule has 2 saturated heterocycles. The van der Waals surface area contributed by atoms with Crippen molar-refractivity contribution in [1.82, 2.24) is 15.0 Å². The molecular formula is C20H23F4N5O4S. The van der Waals surface area contributed by atoms with Crippen molar-refractivity contribution in [3.05, 3.63) is 29.9 Å². The van der Waals surface area contributed by atoms with Crippen LogP contribution in [0.4, 0.5) is 29.2 Å². The lowest BCUT2D eigenvalue weighted by molar-refractivity contribution is -0.132. The molecule has 3 heterocycles. The second-order valence-electron chi connectivity index (χ2n) is 8.43. The van der Waals surface area contributed by atoms with Crippen LogP contribution in [0, 0.1) is 5.82 Å². The van der Waals surface area contributed by atoms with Crippen LogP contribution in [-0.4, -0.2) is 73.5 Å². The van der Waals surface area contributed by atoms with Crippen molar-refractivity contribution in [1.29, 1.82) is 0 Å². The maximum absolute atomic E-state index is 14.4. The first-order valence-electron chi connectivity index (χ1n) is 10.6. The molecule has 0 aliphatic carbocycles. The van der Waals surface area contributed by atoms with Crippen molar-refractivity contribution < 1.29 is 35.3 Å². The van der Waals surface area contributed by atoms with Gasteiger partial charge in [-0.3, -0.25) is 4.79 Å². The van der Waals surface area contributed by atoms with Crippen LogP contribution in [0.15, 0.2) is 27.6 Å². The van der Waals surface area contributed by atoms with Gasteiger partial charge in [-0.2, -0.15) is 18.2 Å². The number of nitrogens with zero attached hydrogens (tertiary/aromatic N) is 4. The smallest absolute Gasteiger partial charge is 0.371 e. The van der Waals surface area contributed by atoms with Crippen LogP contribution in [0.2, 0.25) is 0 Å². The summed E-state index contributed by atoms with van der Waals surface area (Å²) in [6.07, 6.45) is -3.14. The van der Waals surface area contributed by atoms with Gasteiger partial charge in [-0.15, -0.1) is 0 Å². The second kappa shape index (κ2) is 9.04. The molecule has 1 amide bonds. The Morgan fingerprint density at radius 3 is 2.50 bits per heavy atom. The molecule has 0 saturated carbocycles. The van der Waals surface area contributed by atoms with Crippen molar-refractivity contribution in [3.8, 4) is 0 Å². The number of piperidine rings is 1. The maximum atomic E-state index is 14.4. The molecule has 14 heteroatoms. The fraction of sp³-hybridized carbons (Fsp3) is 0.550. The fourth-order valence-corrected chi connectivity index (χ4v) is 4.86. The Kier molecular flexibility index (Phi) is 6.44. The normalized spacial score (nSPS) is 20.3. The van der Waals surface area contributed by atoms with Crippen molar-refractivity contribution in [2.75, 3.05) is 36.1 Å². The molecule has 34 heavy (non-hydrogen) atoms. The van der Waals surface area contributed by atoms with Crippen molar-refractivity contribution in [2.24, 2.45) is 0 Å². The van der Waals surface area contributed by atoms with E-state index in [0.717, 1.165) is 12.3 Å². The van der Waals surface area contributed by atoms with Gasteiger partial charge in [-0.25, -0.2) is 12.8 Å². The van der Waals surface area contributed by atoms with Crippen LogP contribution in [0.25, 0.3) is 0 Å². The molecule has 1 aromatic carbocycles. The zero-order valence-electron chi connectivity index (χ0n) is 18.2. The van der Waals surface area contributed by atoms with Crippen LogP contribution in [0.3, 0.4) is 0 Å². The number of anilines is 2. The Labute approximate surface area is 193 Å². The Bertz CT molecular complexity index is 1160. The highest BCUT2D eigenvalue weighted by Gasteiger charge is 2.38. The van der Waals surface area contributed by atoms with E-state index in [-0.39, 0.29) is 28.5 Å². The highest BCUT2D eigenvalue weighted by molar-refractivity contribution is 7.90. The number of amides is 1. The van der Waals surface area contributed by atoms with Gasteiger partial charge in [0.05, 0.1) is 10.6 Å². The summed E-state index contributed by atoms with van der Waals surface area (Å²) in [7, 11) is -3.55. The summed E-state index contributed by atoms with van der Waals surface area (Å²) in [5.41, 5.74) is 0.0502. The Morgan fingerprint density at radius 1 is 1.18 bits per heavy atom. The van der Waals surface area contributed by atoms with Crippen molar-refractivity contribution in [3.63, 3.8) is 0 Å². The first kappa shape index (κ1) is 24.2. The third-order valence-corrected chi connectivity index (χ3v) is 7.05. The summed E-state index contributed by atoms with van der Waals surface area (Å²) in [6.45, 7) is 1.36. The minimum absolute atomic E-state index is 0.0502. The van der Waals surface area contributed by atoms with Gasteiger partial charge in [0.1, 0.15) is 18.3 Å². The number of sulfone groups is 1. The van der Waals surface area contributed by atoms with Gasteiger partial charge in [-0.1, -0.05) is 0 Å². The molecule has 2 aliphatic rings. The molecule has 9 nitrogen and oxygen atoms in total. The predicted molar refractivity (Wildman–Crippen MR) is 113 cm³/mol. The SMILES string of the molecule is CS(=O)(=O)c1ccc(NC2CCN(C3CCN(c4noc(CC(F)(F)F)n4)CC3)C2=O)c(F)c1. The van der Waals surface area contributed by atoms with E-state index in [2.05, 4.69) is 20.0 Å². The number of benzene rings is 1. The number of alkyl halides is 3. The van der Waals surface area contributed by atoms with E-state index < -0.39 is 40.2 Å². The van der Waals surface area contributed by atoms with E-state index in [9.17, 15) is 30.8 Å². The van der Waals surface area contributed by atoms with Crippen molar-refractivity contribution in [2.45, 2.75) is 48.8 Å². The van der Waals surface area contributed by atoms with E-state index in [1.165, 1.54) is 12.1 Å². The molecular weight excluding hydrogens is 482 g/mol. The highest BCUT2D eigenvalue weighted by Crippen LogP contribution is 2.28. The Balaban J connectivity index is 1.33. The van der Waals surface area contributed by atoms with Gasteiger partial charge in [0, 0.05) is 31.9 Å². The lowest BCUT2D eigenvalue weighted by Gasteiger charge is -2.36. The van der Waals surface area contributed by atoms with E-state index in [0.29, 0.717) is 38.9 Å². The van der Waals surface area contributed by atoms with Gasteiger partial charge in [0.2, 0.25) is 11.8 Å². The number of aromatic nitrogens is 2. The first-order chi connectivity index (χ1) is 15.9. The monoisotopic (exact) mass is 505 g/mol. The summed E-state index contributed by atoms with van der Waals surface area (Å²) in [5, 5.41) is 6.49. The van der Waals surface area contributed by atoms with Gasteiger partial charge >= 0.3 is 6.18 Å². The number of rotatable bonds is 6. The molecule has 2 fully saturated rings. The molecule has 1 N–H and O–H groups in total. The average Bonchev–Trinajstić information content (AvgIpc) is 3.34. The standard InChI is InChI=1S/C20H23F4N5O4S/c1-34(31,32)13-2-3-15(14(21)10-13)25-16-6-9-29(18(16)30)12-4-7-28(8-5-12)19-26-17(33-27-19)11-20(22,23)24/h2-3,10,12,16,25H,4-9,11H2,1H3. The summed E-state index contributed by atoms with van der Waals surface area (Å²) in [4.78, 5) is 20.0. The van der Waals surface area contributed by atoms with E-state index in [1.807, 2.05) is 0 Å². The van der Waals surface area contributed by atoms with Gasteiger partial charge < -0.3 is 19.6 Å². The molecule has 2 aromatic rings. The van der Waals surface area contributed by atoms with Crippen LogP contribution in [0.1, 0.15) is 25.2 Å². The molecule has 1 atom stereocenters. The number of halogens is 4. The molecule has 2 aliphatic heterocycles. The fourth-order valence-electron chi connectivity index (χ4n) is 4.22. The summed E-state index contributed by atoms with van der Waals surface area (Å²) in [5.74, 6) is -1.34. The summed E-state index contributed by atoms with van der Waals surface area (Å²) in [6, 6.07) is 2.79. The number of carbonyl (C=O) groups is 1. The van der Waals surface area contributed by atoms with Crippen LogP contribution in [-0.2, 0) is 21.1 Å². The lowest BCUT2D eigenvalue weighted by atomic mass is 10.0. The number of nitrogens with one attached hydrogen (secondary N) is 1. The second-order valence-corrected chi connectivity index (χ2v) is 10.4. The van der Waals surface area contributed by atoms with Gasteiger partial charge in [-0.05, 0) is 42.6 Å². The molecule has 0 bridgehead atoms. The van der Waals surface area contributed by atoms with Gasteiger partial charge in [0.25, 0.3) is 5.95 Å². The Hall–Kier alpha value is -2.90. The summed E-state index contributed by atoms with van der Waals surface area (Å²) >= 11 is 0. The topological polar surface area (TPSA) is 109 Å². The third kappa shape index (κ3) is 5.42. The largest absolute Gasteiger partial charge is 0.397 e. The number of carbonyl (C=O) groups excluding carboxylic acids is 1. The van der Waals surface area contributed by atoms with E-state index in [4.69, 9.17) is 0 Å². The molecule has 0 radical (unpaired) electrons. The summed E-state index contributed by atoms with van der Waals surface area (Å²) < 4.78 is 79.6. The zero-order chi connectivity index (χ0) is 24.7. The van der Waals surface area contributed by atoms with Gasteiger partial charge in [0.15, 0.2) is 9.84 Å². The van der Waals surface area contributed by atoms with Crippen LogP contribution < -0.4 is 10.2 Å². The molecule has 0 spiro atoms. The van der Waals surface area contributed by atoms with E-state index in [1.54, 1.807) is 9.80 Å². The zero-order valence-corrected chi connectivity index (χ0v) is 19.0. The third-order valence-electron chi connectivity index (χ3n) is 5.94. The van der Waals surface area contributed by atoms with Crippen LogP contribution in [0.5, 0.6) is 0 Å². The maximum Gasteiger partial charge on any atom is 0.397 e. The molecule has 186 valence electrons. The predicted octanol–water partition coefficient (Wildman–Crippen LogP) is 2.40. The Morgan fingerprint density at radius 2 is 1.88 bits per heavy atom. The molecule has 1 aromatic heterocycles. The highest BCUT2D eigenvalue weighted by atomic mass is 32.2. The first-order valence-corrected chi connectivity index (χ1v) is 12.5. The molecule has 1 unspecified atom stereocenters. The van der Waals surface area contributed by atoms with E-state index >= 15 is 0 Å². The van der Waals surface area contributed by atoms with Crippen molar-refractivity contribution >= 4 is 27.4 Å². The lowest BCUT2D eigenvalue weighted by Crippen LogP contribution is -2.47. The quantitative estimate of drug-likeness (QED) is 0.597. The minimum atomic E-state index is -4.43. The van der Waals surface area contributed by atoms with Crippen LogP contribution >= 0.6 is 0 Å². The number of hydrogen-bond donors (Lipinski definition) is 1. The minimum Gasteiger partial charge on any atom is -0.371 e. The average molecular weight is 505 g/mol.